The van der Waals surface area contributed by atoms with Crippen LogP contribution in [0.1, 0.15) is 39.7 Å². The first kappa shape index (κ1) is 23.8. The number of anilines is 1. The van der Waals surface area contributed by atoms with Crippen LogP contribution in [0.4, 0.5) is 5.82 Å². The van der Waals surface area contributed by atoms with Crippen molar-refractivity contribution in [1.82, 2.24) is 19.5 Å². The molecule has 1 saturated carbocycles. The predicted molar refractivity (Wildman–Crippen MR) is 127 cm³/mol. The van der Waals surface area contributed by atoms with Crippen molar-refractivity contribution in [2.24, 2.45) is 5.92 Å². The van der Waals surface area contributed by atoms with E-state index in [-0.39, 0.29) is 29.9 Å². The van der Waals surface area contributed by atoms with Crippen LogP contribution in [0.15, 0.2) is 43.0 Å². The maximum atomic E-state index is 13.1. The number of nitrogens with zero attached hydrogens (tertiary/aromatic N) is 4. The molecule has 178 valence electrons. The lowest BCUT2D eigenvalue weighted by molar-refractivity contribution is 0.0924. The zero-order valence-corrected chi connectivity index (χ0v) is 20.4. The molecule has 3 aromatic rings. The highest BCUT2D eigenvalue weighted by Gasteiger charge is 2.55. The summed E-state index contributed by atoms with van der Waals surface area (Å²) < 4.78 is 32.3. The van der Waals surface area contributed by atoms with Gasteiger partial charge in [-0.3, -0.25) is 4.57 Å². The van der Waals surface area contributed by atoms with Gasteiger partial charge in [-0.1, -0.05) is 30.3 Å². The van der Waals surface area contributed by atoms with Crippen LogP contribution in [0.3, 0.4) is 0 Å². The zero-order valence-electron chi connectivity index (χ0n) is 19.5. The zero-order chi connectivity index (χ0) is 23.6. The van der Waals surface area contributed by atoms with Gasteiger partial charge in [-0.15, -0.1) is 0 Å². The van der Waals surface area contributed by atoms with E-state index in [2.05, 4.69) is 27.1 Å². The molecular formula is C23H32N5O4P. The summed E-state index contributed by atoms with van der Waals surface area (Å²) in [5.74, 6) is 0.609. The van der Waals surface area contributed by atoms with E-state index >= 15 is 0 Å². The second-order valence-electron chi connectivity index (χ2n) is 9.15. The lowest BCUT2D eigenvalue weighted by Gasteiger charge is -2.23. The number of nitrogen functional groups attached to an aromatic ring is 1. The Morgan fingerprint density at radius 1 is 1.12 bits per heavy atom. The van der Waals surface area contributed by atoms with Crippen LogP contribution in [-0.4, -0.2) is 44.7 Å². The van der Waals surface area contributed by atoms with E-state index in [0.717, 1.165) is 6.42 Å². The van der Waals surface area contributed by atoms with Gasteiger partial charge in [0.15, 0.2) is 11.5 Å². The monoisotopic (exact) mass is 473 g/mol. The Hall–Kier alpha value is -2.32. The quantitative estimate of drug-likeness (QED) is 0.408. The molecule has 0 amide bonds. The number of hydrogen-bond donors (Lipinski definition) is 1. The van der Waals surface area contributed by atoms with Gasteiger partial charge in [-0.05, 0) is 45.6 Å². The standard InChI is InChI=1S/C23H32N5O4P/c1-16(2)31-33(29,32-17(3)4)15-30-11-19-10-23(19,18-8-6-5-7-9-18)12-28-14-27-20-21(24)25-13-26-22(20)28/h5-9,13-14,16-17,19H,10-12,15H2,1-4H3,(H2,24,25,26)/t19-,23+/m1/s1. The third-order valence-electron chi connectivity index (χ3n) is 5.77. The van der Waals surface area contributed by atoms with Gasteiger partial charge in [0, 0.05) is 12.0 Å². The van der Waals surface area contributed by atoms with E-state index in [9.17, 15) is 4.57 Å². The van der Waals surface area contributed by atoms with Gasteiger partial charge in [0.1, 0.15) is 18.2 Å². The van der Waals surface area contributed by atoms with E-state index in [1.807, 2.05) is 50.5 Å². The second kappa shape index (κ2) is 9.50. The van der Waals surface area contributed by atoms with Crippen molar-refractivity contribution in [3.63, 3.8) is 0 Å². The largest absolute Gasteiger partial charge is 0.382 e. The number of benzene rings is 1. The Morgan fingerprint density at radius 3 is 2.48 bits per heavy atom. The number of ether oxygens (including phenoxy) is 1. The van der Waals surface area contributed by atoms with E-state index < -0.39 is 7.60 Å². The number of aromatic nitrogens is 4. The SMILES string of the molecule is CC(C)OP(=O)(COC[C@H]1C[C@]1(Cn1cnc2c(N)ncnc21)c1ccccc1)OC(C)C. The Bertz CT molecular complexity index is 1120. The summed E-state index contributed by atoms with van der Waals surface area (Å²) in [5.41, 5.74) is 8.36. The summed E-state index contributed by atoms with van der Waals surface area (Å²) in [6.07, 6.45) is 3.65. The highest BCUT2D eigenvalue weighted by molar-refractivity contribution is 7.53. The minimum atomic E-state index is -3.34. The predicted octanol–water partition coefficient (Wildman–Crippen LogP) is 4.38. The number of imidazole rings is 1. The molecule has 0 aliphatic heterocycles. The van der Waals surface area contributed by atoms with Crippen molar-refractivity contribution in [3.8, 4) is 0 Å². The number of fused-ring (bicyclic) bond motifs is 1. The molecule has 2 atom stereocenters. The molecule has 9 nitrogen and oxygen atoms in total. The fourth-order valence-electron chi connectivity index (χ4n) is 4.36. The summed E-state index contributed by atoms with van der Waals surface area (Å²) in [6.45, 7) is 8.48. The van der Waals surface area contributed by atoms with Crippen LogP contribution >= 0.6 is 7.60 Å². The molecule has 10 heteroatoms. The lowest BCUT2D eigenvalue weighted by atomic mass is 9.93. The number of hydrogen-bond acceptors (Lipinski definition) is 8. The smallest absolute Gasteiger partial charge is 0.356 e. The van der Waals surface area contributed by atoms with Gasteiger partial charge < -0.3 is 24.1 Å². The van der Waals surface area contributed by atoms with E-state index in [0.29, 0.717) is 30.1 Å². The normalized spacial score (nSPS) is 20.7. The van der Waals surface area contributed by atoms with Gasteiger partial charge in [0.25, 0.3) is 0 Å². The molecule has 0 unspecified atom stereocenters. The Kier molecular flexibility index (Phi) is 6.86. The molecule has 1 aliphatic rings. The first-order valence-corrected chi connectivity index (χ1v) is 13.0. The third kappa shape index (κ3) is 5.27. The summed E-state index contributed by atoms with van der Waals surface area (Å²) in [7, 11) is -3.34. The van der Waals surface area contributed by atoms with Crippen molar-refractivity contribution in [3.05, 3.63) is 48.5 Å². The summed E-state index contributed by atoms with van der Waals surface area (Å²) >= 11 is 0. The molecule has 0 saturated heterocycles. The number of nitrogens with two attached hydrogens (primary N) is 1. The van der Waals surface area contributed by atoms with E-state index in [4.69, 9.17) is 19.5 Å². The Labute approximate surface area is 194 Å². The van der Waals surface area contributed by atoms with Crippen molar-refractivity contribution < 1.29 is 18.3 Å². The van der Waals surface area contributed by atoms with Gasteiger partial charge in [-0.25, -0.2) is 15.0 Å². The van der Waals surface area contributed by atoms with Crippen molar-refractivity contribution in [2.45, 2.75) is 58.3 Å². The molecule has 1 aliphatic carbocycles. The summed E-state index contributed by atoms with van der Waals surface area (Å²) in [4.78, 5) is 12.8. The van der Waals surface area contributed by atoms with Crippen LogP contribution < -0.4 is 5.73 Å². The average Bonchev–Trinajstić information content (AvgIpc) is 3.28. The van der Waals surface area contributed by atoms with Crippen LogP contribution in [0.2, 0.25) is 0 Å². The highest BCUT2D eigenvalue weighted by atomic mass is 31.2. The van der Waals surface area contributed by atoms with Crippen LogP contribution in [-0.2, 0) is 30.3 Å². The van der Waals surface area contributed by atoms with Crippen molar-refractivity contribution in [1.29, 1.82) is 0 Å². The minimum absolute atomic E-state index is 0.0670. The topological polar surface area (TPSA) is 114 Å². The van der Waals surface area contributed by atoms with Crippen molar-refractivity contribution >= 4 is 24.6 Å². The molecule has 33 heavy (non-hydrogen) atoms. The fraction of sp³-hybridized carbons (Fsp3) is 0.522. The van der Waals surface area contributed by atoms with Gasteiger partial charge in [0.2, 0.25) is 0 Å². The second-order valence-corrected chi connectivity index (χ2v) is 11.0. The molecule has 2 N–H and O–H groups in total. The molecule has 2 heterocycles. The molecule has 2 aromatic heterocycles. The van der Waals surface area contributed by atoms with Crippen molar-refractivity contribution in [2.75, 3.05) is 18.7 Å². The minimum Gasteiger partial charge on any atom is -0.382 e. The maximum absolute atomic E-state index is 13.1. The average molecular weight is 474 g/mol. The molecule has 0 bridgehead atoms. The van der Waals surface area contributed by atoms with Gasteiger partial charge in [-0.2, -0.15) is 0 Å². The highest BCUT2D eigenvalue weighted by Crippen LogP contribution is 2.57. The summed E-state index contributed by atoms with van der Waals surface area (Å²) in [6, 6.07) is 10.4. The van der Waals surface area contributed by atoms with E-state index in [1.165, 1.54) is 11.9 Å². The van der Waals surface area contributed by atoms with Gasteiger partial charge >= 0.3 is 7.60 Å². The lowest BCUT2D eigenvalue weighted by Crippen LogP contribution is -2.21. The molecule has 0 spiro atoms. The number of rotatable bonds is 11. The summed E-state index contributed by atoms with van der Waals surface area (Å²) in [5, 5.41) is 0. The van der Waals surface area contributed by atoms with Gasteiger partial charge in [0.05, 0.1) is 25.1 Å². The Balaban J connectivity index is 1.51. The van der Waals surface area contributed by atoms with Crippen LogP contribution in [0.5, 0.6) is 0 Å². The first-order chi connectivity index (χ1) is 15.7. The van der Waals surface area contributed by atoms with E-state index in [1.54, 1.807) is 6.33 Å². The molecule has 1 aromatic carbocycles. The molecular weight excluding hydrogens is 441 g/mol. The van der Waals surface area contributed by atoms with Crippen LogP contribution in [0, 0.1) is 5.92 Å². The maximum Gasteiger partial charge on any atom is 0.356 e. The first-order valence-electron chi connectivity index (χ1n) is 11.2. The molecule has 1 fully saturated rings. The molecule has 0 radical (unpaired) electrons. The Morgan fingerprint density at radius 2 is 1.82 bits per heavy atom. The third-order valence-corrected chi connectivity index (χ3v) is 7.76. The fourth-order valence-corrected chi connectivity index (χ4v) is 6.15. The molecule has 4 rings (SSSR count). The van der Waals surface area contributed by atoms with Crippen LogP contribution in [0.25, 0.3) is 11.2 Å².